The molecule has 1 aromatic carbocycles. The minimum atomic E-state index is -5.18. The zero-order valence-electron chi connectivity index (χ0n) is 16.5. The topological polar surface area (TPSA) is 133 Å². The maximum atomic E-state index is 13.5. The summed E-state index contributed by atoms with van der Waals surface area (Å²) < 4.78 is 86.5. The number of fused-ring (bicyclic) bond motifs is 1. The van der Waals surface area contributed by atoms with Gasteiger partial charge in [0, 0.05) is 18.9 Å². The van der Waals surface area contributed by atoms with Crippen LogP contribution in [0.15, 0.2) is 29.3 Å². The third-order valence-electron chi connectivity index (χ3n) is 4.90. The lowest BCUT2D eigenvalue weighted by atomic mass is 9.97. The zero-order chi connectivity index (χ0) is 24.1. The van der Waals surface area contributed by atoms with E-state index in [9.17, 15) is 35.9 Å². The van der Waals surface area contributed by atoms with Crippen molar-refractivity contribution < 1.29 is 40.6 Å². The summed E-state index contributed by atoms with van der Waals surface area (Å²) >= 11 is 0. The summed E-state index contributed by atoms with van der Waals surface area (Å²) in [6.45, 7) is -0.535. The van der Waals surface area contributed by atoms with E-state index in [1.54, 1.807) is 10.8 Å². The van der Waals surface area contributed by atoms with Gasteiger partial charge >= 0.3 is 6.18 Å². The molecule has 9 nitrogen and oxygen atoms in total. The van der Waals surface area contributed by atoms with Crippen LogP contribution < -0.4 is 14.8 Å². The Hall–Kier alpha value is -3.15. The van der Waals surface area contributed by atoms with Crippen molar-refractivity contribution in [1.29, 1.82) is 5.26 Å². The first-order valence-electron chi connectivity index (χ1n) is 8.83. The Kier molecular flexibility index (Phi) is 5.71. The maximum Gasteiger partial charge on any atom is 0.418 e. The molecule has 172 valence electrons. The van der Waals surface area contributed by atoms with Gasteiger partial charge in [0.2, 0.25) is 10.0 Å². The van der Waals surface area contributed by atoms with Crippen molar-refractivity contribution >= 4 is 21.6 Å². The molecular weight excluding hydrogens is 460 g/mol. The number of carbonyl (C=O) groups is 1. The summed E-state index contributed by atoms with van der Waals surface area (Å²) in [5.41, 5.74) is -4.17. The second-order valence-corrected chi connectivity index (χ2v) is 8.86. The van der Waals surface area contributed by atoms with Crippen molar-refractivity contribution in [2.45, 2.75) is 29.6 Å². The third kappa shape index (κ3) is 4.01. The fraction of sp³-hybridized carbons (Fsp3) is 0.333. The molecule has 0 spiro atoms. The zero-order valence-corrected chi connectivity index (χ0v) is 17.3. The number of alkyl halides is 3. The van der Waals surface area contributed by atoms with Gasteiger partial charge in [-0.25, -0.2) is 17.5 Å². The van der Waals surface area contributed by atoms with Crippen LogP contribution in [-0.2, 0) is 17.1 Å². The molecule has 1 amide bonds. The number of aromatic nitrogens is 1. The van der Waals surface area contributed by atoms with E-state index in [-0.39, 0.29) is 16.9 Å². The number of aryl methyl sites for hydroxylation is 1. The Morgan fingerprint density at radius 1 is 1.41 bits per heavy atom. The predicted octanol–water partition coefficient (Wildman–Crippen LogP) is 1.64. The van der Waals surface area contributed by atoms with E-state index in [0.717, 1.165) is 29.0 Å². The van der Waals surface area contributed by atoms with Gasteiger partial charge in [-0.3, -0.25) is 4.79 Å². The van der Waals surface area contributed by atoms with Gasteiger partial charge in [0.15, 0.2) is 17.0 Å². The van der Waals surface area contributed by atoms with Crippen molar-refractivity contribution in [2.75, 3.05) is 11.9 Å². The largest absolute Gasteiger partial charge is 0.488 e. The van der Waals surface area contributed by atoms with Crippen LogP contribution in [0.5, 0.6) is 5.75 Å². The molecule has 3 rings (SSSR count). The second kappa shape index (κ2) is 7.76. The quantitative estimate of drug-likeness (QED) is 0.577. The van der Waals surface area contributed by atoms with Crippen LogP contribution in [0, 0.1) is 17.1 Å². The highest BCUT2D eigenvalue weighted by molar-refractivity contribution is 7.89. The first-order valence-corrected chi connectivity index (χ1v) is 10.3. The average molecular weight is 476 g/mol. The lowest BCUT2D eigenvalue weighted by molar-refractivity contribution is -0.263. The molecule has 2 heterocycles. The van der Waals surface area contributed by atoms with Crippen LogP contribution in [0.25, 0.3) is 0 Å². The van der Waals surface area contributed by atoms with Gasteiger partial charge in [0.1, 0.15) is 23.4 Å². The molecule has 1 aliphatic rings. The normalized spacial score (nSPS) is 19.6. The van der Waals surface area contributed by atoms with Gasteiger partial charge in [0.25, 0.3) is 5.91 Å². The number of nitriles is 1. The fourth-order valence-electron chi connectivity index (χ4n) is 2.98. The van der Waals surface area contributed by atoms with E-state index in [2.05, 4.69) is 5.32 Å². The number of anilines is 1. The number of hydrogen-bond donors (Lipinski definition) is 3. The number of nitrogens with zero attached hydrogens (tertiary/aromatic N) is 2. The number of ether oxygens (including phenoxy) is 1. The minimum absolute atomic E-state index is 0.00962. The van der Waals surface area contributed by atoms with Crippen LogP contribution in [0.4, 0.5) is 23.2 Å². The minimum Gasteiger partial charge on any atom is -0.488 e. The number of carbonyl (C=O) groups excluding carboxylic acids is 1. The van der Waals surface area contributed by atoms with E-state index in [4.69, 9.17) is 10.00 Å². The Balaban J connectivity index is 1.98. The lowest BCUT2D eigenvalue weighted by Crippen LogP contribution is -2.60. The third-order valence-corrected chi connectivity index (χ3v) is 6.36. The summed E-state index contributed by atoms with van der Waals surface area (Å²) in [7, 11) is -3.32. The SMILES string of the molecule is Cn1cc2c(c1C(=O)Nc1ccc(F)c(C#N)c1)OC[C@@H]([C@@](C)(O)C(F)(F)F)NS2(=O)=O. The maximum absolute atomic E-state index is 13.5. The van der Waals surface area contributed by atoms with Gasteiger partial charge in [-0.1, -0.05) is 0 Å². The first-order chi connectivity index (χ1) is 14.7. The number of nitrogens with one attached hydrogen (secondary N) is 2. The summed E-state index contributed by atoms with van der Waals surface area (Å²) in [5.74, 6) is -2.28. The smallest absolute Gasteiger partial charge is 0.418 e. The van der Waals surface area contributed by atoms with E-state index in [0.29, 0.717) is 6.92 Å². The molecule has 3 N–H and O–H groups in total. The van der Waals surface area contributed by atoms with Crippen molar-refractivity contribution in [3.05, 3.63) is 41.5 Å². The summed E-state index contributed by atoms with van der Waals surface area (Å²) in [6.07, 6.45) is -4.22. The lowest BCUT2D eigenvalue weighted by Gasteiger charge is -2.33. The Labute approximate surface area is 179 Å². The van der Waals surface area contributed by atoms with Gasteiger partial charge in [0.05, 0.1) is 11.6 Å². The molecule has 0 radical (unpaired) electrons. The van der Waals surface area contributed by atoms with E-state index < -0.39 is 56.8 Å². The number of amides is 1. The number of hydrogen-bond acceptors (Lipinski definition) is 6. The van der Waals surface area contributed by atoms with Gasteiger partial charge in [-0.05, 0) is 25.1 Å². The fourth-order valence-corrected chi connectivity index (χ4v) is 4.47. The van der Waals surface area contributed by atoms with Gasteiger partial charge in [-0.15, -0.1) is 0 Å². The standard InChI is InChI=1S/C18H16F4N4O5S/c1-17(28,18(20,21)22)13-8-31-15-12(32(29,30)25-13)7-26(2)14(15)16(27)24-10-3-4-11(19)9(5-10)6-23/h3-5,7,13,25,28H,8H2,1-2H3,(H,24,27)/t13-,17+/m0/s1. The van der Waals surface area contributed by atoms with Crippen LogP contribution in [-0.4, -0.2) is 48.4 Å². The molecule has 0 unspecified atom stereocenters. The Morgan fingerprint density at radius 2 is 2.06 bits per heavy atom. The van der Waals surface area contributed by atoms with Crippen molar-refractivity contribution in [1.82, 2.24) is 9.29 Å². The summed E-state index contributed by atoms with van der Waals surface area (Å²) in [6, 6.07) is 2.64. The first kappa shape index (κ1) is 23.5. The Bertz CT molecular complexity index is 1230. The number of rotatable bonds is 3. The molecule has 2 aromatic rings. The van der Waals surface area contributed by atoms with Gasteiger partial charge < -0.3 is 19.7 Å². The van der Waals surface area contributed by atoms with Crippen LogP contribution >= 0.6 is 0 Å². The molecule has 2 atom stereocenters. The van der Waals surface area contributed by atoms with Crippen LogP contribution in [0.2, 0.25) is 0 Å². The molecule has 32 heavy (non-hydrogen) atoms. The molecule has 0 bridgehead atoms. The predicted molar refractivity (Wildman–Crippen MR) is 101 cm³/mol. The number of benzene rings is 1. The molecule has 14 heteroatoms. The molecule has 0 fully saturated rings. The summed E-state index contributed by atoms with van der Waals surface area (Å²) in [4.78, 5) is 12.2. The highest BCUT2D eigenvalue weighted by Crippen LogP contribution is 2.38. The number of halogens is 4. The van der Waals surface area contributed by atoms with E-state index in [1.165, 1.54) is 7.05 Å². The van der Waals surface area contributed by atoms with Crippen molar-refractivity contribution in [3.63, 3.8) is 0 Å². The average Bonchev–Trinajstić information content (AvgIpc) is 2.96. The van der Waals surface area contributed by atoms with Crippen molar-refractivity contribution in [3.8, 4) is 11.8 Å². The molecule has 0 aliphatic carbocycles. The summed E-state index contributed by atoms with van der Waals surface area (Å²) in [5, 5.41) is 21.1. The molecular formula is C18H16F4N4O5S. The molecule has 1 aliphatic heterocycles. The second-order valence-electron chi connectivity index (χ2n) is 7.17. The van der Waals surface area contributed by atoms with Crippen LogP contribution in [0.3, 0.4) is 0 Å². The van der Waals surface area contributed by atoms with Crippen LogP contribution in [0.1, 0.15) is 23.0 Å². The molecule has 0 saturated carbocycles. The number of aliphatic hydroxyl groups is 1. The molecule has 0 saturated heterocycles. The highest BCUT2D eigenvalue weighted by Gasteiger charge is 2.57. The van der Waals surface area contributed by atoms with Gasteiger partial charge in [-0.2, -0.15) is 18.4 Å². The van der Waals surface area contributed by atoms with Crippen molar-refractivity contribution in [2.24, 2.45) is 7.05 Å². The monoisotopic (exact) mass is 476 g/mol. The Morgan fingerprint density at radius 3 is 2.66 bits per heavy atom. The molecule has 1 aromatic heterocycles. The highest BCUT2D eigenvalue weighted by atomic mass is 32.2. The van der Waals surface area contributed by atoms with E-state index in [1.807, 2.05) is 0 Å². The van der Waals surface area contributed by atoms with E-state index >= 15 is 0 Å². The number of sulfonamides is 1.